The number of anilines is 1. The van der Waals surface area contributed by atoms with E-state index in [4.69, 9.17) is 23.2 Å². The second-order valence-electron chi connectivity index (χ2n) is 9.15. The van der Waals surface area contributed by atoms with Crippen LogP contribution in [0.2, 0.25) is 10.0 Å². The maximum atomic E-state index is 13.9. The summed E-state index contributed by atoms with van der Waals surface area (Å²) in [5.74, 6) is -0.111. The van der Waals surface area contributed by atoms with Gasteiger partial charge in [0, 0.05) is 44.5 Å². The van der Waals surface area contributed by atoms with Crippen LogP contribution in [0.5, 0.6) is 0 Å². The van der Waals surface area contributed by atoms with Gasteiger partial charge in [-0.1, -0.05) is 59.6 Å². The Kier molecular flexibility index (Phi) is 6.95. The van der Waals surface area contributed by atoms with Crippen LogP contribution in [0.4, 0.5) is 19.0 Å². The van der Waals surface area contributed by atoms with E-state index in [9.17, 15) is 18.0 Å². The fraction of sp³-hybridized carbons (Fsp3) is 0.308. The second kappa shape index (κ2) is 10.0. The number of carbonyl (C=O) groups is 1. The number of amides is 1. The normalized spacial score (nSPS) is 18.5. The first kappa shape index (κ1) is 25.6. The van der Waals surface area contributed by atoms with Gasteiger partial charge in [-0.25, -0.2) is 4.68 Å². The van der Waals surface area contributed by atoms with Crippen LogP contribution in [-0.2, 0) is 17.5 Å². The smallest absolute Gasteiger partial charge is 0.344 e. The van der Waals surface area contributed by atoms with Gasteiger partial charge in [0.15, 0.2) is 5.69 Å². The Hall–Kier alpha value is -3.01. The SMILES string of the molecule is CC1=C(C(=O)N2CCN(Cc3ccccc3)CC2)C(c2ccc(Cl)c(Cl)c2)n2nc(C(F)(F)F)cc2N1. The number of nitrogens with zero attached hydrogens (tertiary/aromatic N) is 4. The third-order valence-electron chi connectivity index (χ3n) is 6.66. The van der Waals surface area contributed by atoms with E-state index < -0.39 is 17.9 Å². The lowest BCUT2D eigenvalue weighted by Crippen LogP contribution is -2.50. The van der Waals surface area contributed by atoms with Gasteiger partial charge in [0.25, 0.3) is 5.91 Å². The number of fused-ring (bicyclic) bond motifs is 1. The Balaban J connectivity index is 1.44. The van der Waals surface area contributed by atoms with E-state index in [1.54, 1.807) is 30.0 Å². The monoisotopic (exact) mass is 549 g/mol. The van der Waals surface area contributed by atoms with Crippen molar-refractivity contribution in [2.24, 2.45) is 0 Å². The largest absolute Gasteiger partial charge is 0.435 e. The summed E-state index contributed by atoms with van der Waals surface area (Å²) in [6, 6.07) is 14.9. The predicted molar refractivity (Wildman–Crippen MR) is 136 cm³/mol. The Labute approximate surface area is 222 Å². The lowest BCUT2D eigenvalue weighted by atomic mass is 9.94. The van der Waals surface area contributed by atoms with Gasteiger partial charge >= 0.3 is 6.18 Å². The van der Waals surface area contributed by atoms with Crippen molar-refractivity contribution in [3.05, 3.63) is 92.7 Å². The number of carbonyl (C=O) groups excluding carboxylic acids is 1. The second-order valence-corrected chi connectivity index (χ2v) is 9.97. The van der Waals surface area contributed by atoms with Crippen molar-refractivity contribution >= 4 is 34.9 Å². The Morgan fingerprint density at radius 1 is 1.03 bits per heavy atom. The van der Waals surface area contributed by atoms with Crippen molar-refractivity contribution in [1.82, 2.24) is 19.6 Å². The van der Waals surface area contributed by atoms with Crippen LogP contribution in [0.1, 0.15) is 29.8 Å². The molecule has 11 heteroatoms. The molecule has 3 heterocycles. The van der Waals surface area contributed by atoms with Crippen molar-refractivity contribution in [2.45, 2.75) is 25.7 Å². The van der Waals surface area contributed by atoms with E-state index in [0.29, 0.717) is 48.0 Å². The van der Waals surface area contributed by atoms with Gasteiger partial charge in [0.1, 0.15) is 11.9 Å². The summed E-state index contributed by atoms with van der Waals surface area (Å²) < 4.78 is 41.8. The first-order valence-electron chi connectivity index (χ1n) is 11.8. The number of nitrogens with one attached hydrogen (secondary N) is 1. The fourth-order valence-corrected chi connectivity index (χ4v) is 5.11. The van der Waals surface area contributed by atoms with E-state index in [1.807, 2.05) is 18.2 Å². The van der Waals surface area contributed by atoms with Gasteiger partial charge in [-0.2, -0.15) is 18.3 Å². The molecule has 1 amide bonds. The quantitative estimate of drug-likeness (QED) is 0.444. The Bertz CT molecular complexity index is 1350. The molecule has 0 saturated carbocycles. The molecule has 1 unspecified atom stereocenters. The lowest BCUT2D eigenvalue weighted by Gasteiger charge is -2.38. The van der Waals surface area contributed by atoms with Gasteiger partial charge in [0.05, 0.1) is 15.6 Å². The molecule has 2 aliphatic heterocycles. The molecular formula is C26H24Cl2F3N5O. The number of alkyl halides is 3. The van der Waals surface area contributed by atoms with E-state index in [-0.39, 0.29) is 16.7 Å². The zero-order valence-electron chi connectivity index (χ0n) is 19.9. The number of aromatic nitrogens is 2. The van der Waals surface area contributed by atoms with Crippen molar-refractivity contribution in [1.29, 1.82) is 0 Å². The summed E-state index contributed by atoms with van der Waals surface area (Å²) in [7, 11) is 0. The molecule has 1 N–H and O–H groups in total. The fourth-order valence-electron chi connectivity index (χ4n) is 4.80. The Morgan fingerprint density at radius 2 is 1.73 bits per heavy atom. The first-order chi connectivity index (χ1) is 17.6. The third-order valence-corrected chi connectivity index (χ3v) is 7.40. The molecule has 0 radical (unpaired) electrons. The standard InChI is InChI=1S/C26H24Cl2F3N5O/c1-16-23(25(37)35-11-9-34(10-12-35)15-17-5-3-2-4-6-17)24(18-7-8-19(27)20(28)13-18)36-22(32-16)14-21(33-36)26(29,30)31/h2-8,13-14,24,32H,9-12,15H2,1H3. The average molecular weight is 550 g/mol. The van der Waals surface area contributed by atoms with Crippen LogP contribution in [0, 0.1) is 0 Å². The highest BCUT2D eigenvalue weighted by atomic mass is 35.5. The van der Waals surface area contributed by atoms with E-state index in [0.717, 1.165) is 12.6 Å². The van der Waals surface area contributed by atoms with Crippen molar-refractivity contribution in [2.75, 3.05) is 31.5 Å². The summed E-state index contributed by atoms with van der Waals surface area (Å²) >= 11 is 12.4. The highest BCUT2D eigenvalue weighted by Crippen LogP contribution is 2.41. The molecule has 6 nitrogen and oxygen atoms in total. The van der Waals surface area contributed by atoms with E-state index in [2.05, 4.69) is 27.4 Å². The average Bonchev–Trinajstić information content (AvgIpc) is 3.30. The molecule has 37 heavy (non-hydrogen) atoms. The molecule has 1 atom stereocenters. The zero-order chi connectivity index (χ0) is 26.3. The highest BCUT2D eigenvalue weighted by molar-refractivity contribution is 6.42. The van der Waals surface area contributed by atoms with E-state index in [1.165, 1.54) is 10.2 Å². The summed E-state index contributed by atoms with van der Waals surface area (Å²) in [4.78, 5) is 17.9. The minimum Gasteiger partial charge on any atom is -0.344 e. The molecule has 0 spiro atoms. The lowest BCUT2D eigenvalue weighted by molar-refractivity contribution is -0.141. The number of allylic oxidation sites excluding steroid dienone is 1. The molecule has 3 aromatic rings. The van der Waals surface area contributed by atoms with Crippen molar-refractivity contribution < 1.29 is 18.0 Å². The van der Waals surface area contributed by atoms with Crippen molar-refractivity contribution in [3.63, 3.8) is 0 Å². The van der Waals surface area contributed by atoms with Crippen LogP contribution < -0.4 is 5.32 Å². The molecular weight excluding hydrogens is 526 g/mol. The van der Waals surface area contributed by atoms with Crippen LogP contribution in [0.15, 0.2) is 65.9 Å². The molecule has 0 aliphatic carbocycles. The molecule has 1 saturated heterocycles. The van der Waals surface area contributed by atoms with E-state index >= 15 is 0 Å². The predicted octanol–water partition coefficient (Wildman–Crippen LogP) is 5.84. The summed E-state index contributed by atoms with van der Waals surface area (Å²) in [6.45, 7) is 4.83. The number of hydrogen-bond acceptors (Lipinski definition) is 4. The van der Waals surface area contributed by atoms with Crippen LogP contribution in [0.25, 0.3) is 0 Å². The first-order valence-corrected chi connectivity index (χ1v) is 12.5. The number of benzene rings is 2. The van der Waals surface area contributed by atoms with Crippen LogP contribution in [-0.4, -0.2) is 51.7 Å². The summed E-state index contributed by atoms with van der Waals surface area (Å²) in [5, 5.41) is 7.34. The molecule has 2 aliphatic rings. The molecule has 194 valence electrons. The van der Waals surface area contributed by atoms with Crippen LogP contribution in [0.3, 0.4) is 0 Å². The molecule has 0 bridgehead atoms. The maximum Gasteiger partial charge on any atom is 0.435 e. The molecule has 1 aromatic heterocycles. The Morgan fingerprint density at radius 3 is 2.38 bits per heavy atom. The van der Waals surface area contributed by atoms with Crippen LogP contribution >= 0.6 is 23.2 Å². The minimum atomic E-state index is -4.64. The summed E-state index contributed by atoms with van der Waals surface area (Å²) in [6.07, 6.45) is -4.64. The maximum absolute atomic E-state index is 13.9. The van der Waals surface area contributed by atoms with Gasteiger partial charge in [0.2, 0.25) is 0 Å². The van der Waals surface area contributed by atoms with Gasteiger partial charge < -0.3 is 10.2 Å². The van der Waals surface area contributed by atoms with Gasteiger partial charge in [-0.05, 0) is 30.2 Å². The minimum absolute atomic E-state index is 0.144. The molecule has 1 fully saturated rings. The third kappa shape index (κ3) is 5.21. The van der Waals surface area contributed by atoms with Gasteiger partial charge in [-0.15, -0.1) is 0 Å². The van der Waals surface area contributed by atoms with Gasteiger partial charge in [-0.3, -0.25) is 9.69 Å². The topological polar surface area (TPSA) is 53.4 Å². The number of halogens is 5. The highest BCUT2D eigenvalue weighted by Gasteiger charge is 2.40. The molecule has 2 aromatic carbocycles. The van der Waals surface area contributed by atoms with Crippen molar-refractivity contribution in [3.8, 4) is 0 Å². The zero-order valence-corrected chi connectivity index (χ0v) is 21.4. The number of piperazine rings is 1. The number of rotatable bonds is 4. The number of hydrogen-bond donors (Lipinski definition) is 1. The summed E-state index contributed by atoms with van der Waals surface area (Å²) in [5.41, 5.74) is 1.45. The molecule has 5 rings (SSSR count).